The summed E-state index contributed by atoms with van der Waals surface area (Å²) >= 11 is 6.11. The van der Waals surface area contributed by atoms with Crippen molar-refractivity contribution in [2.45, 2.75) is 13.3 Å². The van der Waals surface area contributed by atoms with Crippen LogP contribution in [-0.4, -0.2) is 13.7 Å². The van der Waals surface area contributed by atoms with Crippen LogP contribution in [0.15, 0.2) is 36.4 Å². The summed E-state index contributed by atoms with van der Waals surface area (Å²) in [6, 6.07) is 11.1. The zero-order chi connectivity index (χ0) is 15.2. The van der Waals surface area contributed by atoms with E-state index in [9.17, 15) is 0 Å². The molecule has 2 aromatic rings. The molecule has 0 aromatic heterocycles. The van der Waals surface area contributed by atoms with Gasteiger partial charge < -0.3 is 20.5 Å². The molecule has 2 rings (SSSR count). The number of nitrogens with two attached hydrogens (primary N) is 1. The number of ether oxygens (including phenoxy) is 2. The average Bonchev–Trinajstić information content (AvgIpc) is 2.45. The molecule has 0 aliphatic carbocycles. The van der Waals surface area contributed by atoms with E-state index < -0.39 is 0 Å². The molecule has 0 radical (unpaired) electrons. The van der Waals surface area contributed by atoms with Gasteiger partial charge in [0.2, 0.25) is 0 Å². The van der Waals surface area contributed by atoms with Gasteiger partial charge in [0.1, 0.15) is 11.5 Å². The lowest BCUT2D eigenvalue weighted by Gasteiger charge is -2.12. The monoisotopic (exact) mass is 306 g/mol. The van der Waals surface area contributed by atoms with E-state index in [4.69, 9.17) is 26.8 Å². The Morgan fingerprint density at radius 2 is 1.95 bits per heavy atom. The van der Waals surface area contributed by atoms with E-state index in [2.05, 4.69) is 12.2 Å². The molecule has 0 amide bonds. The maximum absolute atomic E-state index is 6.11. The molecule has 0 fully saturated rings. The third kappa shape index (κ3) is 4.20. The molecule has 0 atom stereocenters. The zero-order valence-electron chi connectivity index (χ0n) is 12.2. The molecule has 0 saturated heterocycles. The van der Waals surface area contributed by atoms with Gasteiger partial charge in [-0.15, -0.1) is 0 Å². The number of hydrogen-bond donors (Lipinski definition) is 2. The second kappa shape index (κ2) is 7.09. The third-order valence-corrected chi connectivity index (χ3v) is 3.14. The quantitative estimate of drug-likeness (QED) is 0.773. The Labute approximate surface area is 129 Å². The van der Waals surface area contributed by atoms with E-state index in [-0.39, 0.29) is 0 Å². The lowest BCUT2D eigenvalue weighted by atomic mass is 10.2. The fraction of sp³-hybridized carbons (Fsp3) is 0.250. The summed E-state index contributed by atoms with van der Waals surface area (Å²) in [5, 5.41) is 3.80. The van der Waals surface area contributed by atoms with Crippen molar-refractivity contribution >= 4 is 28.7 Å². The number of methoxy groups -OCH3 is 1. The number of hydrogen-bond acceptors (Lipinski definition) is 4. The molecule has 4 nitrogen and oxygen atoms in total. The first-order valence-electron chi connectivity index (χ1n) is 6.76. The number of benzene rings is 2. The van der Waals surface area contributed by atoms with Crippen LogP contribution in [0.4, 0.5) is 17.1 Å². The first kappa shape index (κ1) is 15.3. The van der Waals surface area contributed by atoms with Gasteiger partial charge >= 0.3 is 0 Å². The van der Waals surface area contributed by atoms with Crippen molar-refractivity contribution in [1.29, 1.82) is 0 Å². The standard InChI is InChI=1S/C16H19ClN2O2/c1-3-6-21-14-8-11(18)7-13(9-14)19-12-4-5-16(20-2)15(17)10-12/h4-5,7-10,19H,3,6,18H2,1-2H3. The molecule has 5 heteroatoms. The summed E-state index contributed by atoms with van der Waals surface area (Å²) < 4.78 is 10.7. The second-order valence-corrected chi connectivity index (χ2v) is 5.02. The van der Waals surface area contributed by atoms with Crippen LogP contribution in [0.3, 0.4) is 0 Å². The zero-order valence-corrected chi connectivity index (χ0v) is 12.9. The number of nitrogen functional groups attached to an aromatic ring is 1. The second-order valence-electron chi connectivity index (χ2n) is 4.61. The highest BCUT2D eigenvalue weighted by molar-refractivity contribution is 6.32. The summed E-state index contributed by atoms with van der Waals surface area (Å²) in [6.45, 7) is 2.72. The molecule has 0 saturated carbocycles. The molecule has 112 valence electrons. The summed E-state index contributed by atoms with van der Waals surface area (Å²) in [6.07, 6.45) is 0.950. The molecule has 3 N–H and O–H groups in total. The van der Waals surface area contributed by atoms with Gasteiger partial charge in [0, 0.05) is 29.2 Å². The highest BCUT2D eigenvalue weighted by Crippen LogP contribution is 2.30. The van der Waals surface area contributed by atoms with Gasteiger partial charge in [0.05, 0.1) is 18.7 Å². The largest absolute Gasteiger partial charge is 0.495 e. The predicted molar refractivity (Wildman–Crippen MR) is 87.9 cm³/mol. The Bertz CT molecular complexity index is 617. The Hall–Kier alpha value is -2.07. The number of rotatable bonds is 6. The first-order valence-corrected chi connectivity index (χ1v) is 7.14. The van der Waals surface area contributed by atoms with Gasteiger partial charge in [-0.2, -0.15) is 0 Å². The molecular formula is C16H19ClN2O2. The van der Waals surface area contributed by atoms with Crippen molar-refractivity contribution in [3.63, 3.8) is 0 Å². The minimum Gasteiger partial charge on any atom is -0.495 e. The topological polar surface area (TPSA) is 56.5 Å². The fourth-order valence-corrected chi connectivity index (χ4v) is 2.17. The van der Waals surface area contributed by atoms with Gasteiger partial charge in [-0.05, 0) is 30.7 Å². The van der Waals surface area contributed by atoms with Crippen LogP contribution in [0.2, 0.25) is 5.02 Å². The highest BCUT2D eigenvalue weighted by Gasteiger charge is 2.04. The van der Waals surface area contributed by atoms with Crippen molar-refractivity contribution in [3.8, 4) is 11.5 Å². The molecule has 0 aliphatic heterocycles. The Kier molecular flexibility index (Phi) is 5.17. The smallest absolute Gasteiger partial charge is 0.137 e. The van der Waals surface area contributed by atoms with Crippen molar-refractivity contribution in [1.82, 2.24) is 0 Å². The molecule has 0 unspecified atom stereocenters. The molecule has 21 heavy (non-hydrogen) atoms. The number of anilines is 3. The Balaban J connectivity index is 2.18. The molecule has 0 aliphatic rings. The summed E-state index contributed by atoms with van der Waals surface area (Å²) in [5.41, 5.74) is 8.24. The van der Waals surface area contributed by atoms with Crippen molar-refractivity contribution < 1.29 is 9.47 Å². The Morgan fingerprint density at radius 1 is 1.14 bits per heavy atom. The van der Waals surface area contributed by atoms with E-state index in [1.807, 2.05) is 30.3 Å². The van der Waals surface area contributed by atoms with E-state index in [1.165, 1.54) is 0 Å². The summed E-state index contributed by atoms with van der Waals surface area (Å²) in [5.74, 6) is 1.39. The third-order valence-electron chi connectivity index (χ3n) is 2.84. The van der Waals surface area contributed by atoms with Crippen LogP contribution in [0.5, 0.6) is 11.5 Å². The SMILES string of the molecule is CCCOc1cc(N)cc(Nc2ccc(OC)c(Cl)c2)c1. The number of halogens is 1. The van der Waals surface area contributed by atoms with Gasteiger partial charge in [0.25, 0.3) is 0 Å². The van der Waals surface area contributed by atoms with E-state index in [1.54, 1.807) is 13.2 Å². The van der Waals surface area contributed by atoms with E-state index >= 15 is 0 Å². The van der Waals surface area contributed by atoms with Crippen LogP contribution in [0.25, 0.3) is 0 Å². The highest BCUT2D eigenvalue weighted by atomic mass is 35.5. The molecule has 0 bridgehead atoms. The summed E-state index contributed by atoms with van der Waals surface area (Å²) in [7, 11) is 1.59. The van der Waals surface area contributed by atoms with Crippen molar-refractivity contribution in [3.05, 3.63) is 41.4 Å². The minimum absolute atomic E-state index is 0.550. The van der Waals surface area contributed by atoms with E-state index in [0.717, 1.165) is 23.5 Å². The first-order chi connectivity index (χ1) is 10.1. The van der Waals surface area contributed by atoms with Crippen LogP contribution in [0.1, 0.15) is 13.3 Å². The van der Waals surface area contributed by atoms with Gasteiger partial charge in [-0.1, -0.05) is 18.5 Å². The van der Waals surface area contributed by atoms with Gasteiger partial charge in [0.15, 0.2) is 0 Å². The Morgan fingerprint density at radius 3 is 2.62 bits per heavy atom. The normalized spacial score (nSPS) is 10.2. The van der Waals surface area contributed by atoms with Crippen LogP contribution in [0, 0.1) is 0 Å². The maximum atomic E-state index is 6.11. The van der Waals surface area contributed by atoms with Crippen LogP contribution >= 0.6 is 11.6 Å². The van der Waals surface area contributed by atoms with Crippen LogP contribution in [-0.2, 0) is 0 Å². The lowest BCUT2D eigenvalue weighted by Crippen LogP contribution is -1.98. The molecular weight excluding hydrogens is 288 g/mol. The summed E-state index contributed by atoms with van der Waals surface area (Å²) in [4.78, 5) is 0. The van der Waals surface area contributed by atoms with Crippen LogP contribution < -0.4 is 20.5 Å². The fourth-order valence-electron chi connectivity index (χ4n) is 1.91. The van der Waals surface area contributed by atoms with Gasteiger partial charge in [-0.25, -0.2) is 0 Å². The lowest BCUT2D eigenvalue weighted by molar-refractivity contribution is 0.318. The molecule has 2 aromatic carbocycles. The maximum Gasteiger partial charge on any atom is 0.137 e. The predicted octanol–water partition coefficient (Wildman–Crippen LogP) is 4.46. The van der Waals surface area contributed by atoms with Crippen molar-refractivity contribution in [2.24, 2.45) is 0 Å². The van der Waals surface area contributed by atoms with Gasteiger partial charge in [-0.3, -0.25) is 0 Å². The van der Waals surface area contributed by atoms with E-state index in [0.29, 0.717) is 23.1 Å². The average molecular weight is 307 g/mol. The number of nitrogens with one attached hydrogen (secondary N) is 1. The molecule has 0 heterocycles. The van der Waals surface area contributed by atoms with Crippen molar-refractivity contribution in [2.75, 3.05) is 24.8 Å². The minimum atomic E-state index is 0.550. The molecule has 0 spiro atoms.